The summed E-state index contributed by atoms with van der Waals surface area (Å²) in [7, 11) is -3.60. The number of nitrogens with two attached hydrogens (primary N) is 1. The minimum absolute atomic E-state index is 0.260. The summed E-state index contributed by atoms with van der Waals surface area (Å²) in [5.74, 6) is 0.409. The van der Waals surface area contributed by atoms with Gasteiger partial charge in [0.15, 0.2) is 0 Å². The normalized spacial score (nSPS) is 12.1. The Labute approximate surface area is 91.4 Å². The van der Waals surface area contributed by atoms with E-state index in [1.54, 1.807) is 12.1 Å². The molecule has 0 fully saturated rings. The average Bonchev–Trinajstić information content (AvgIpc) is 2.05. The summed E-state index contributed by atoms with van der Waals surface area (Å²) in [6.45, 7) is 6.02. The Hall–Kier alpha value is -0.870. The molecule has 0 aliphatic heterocycles. The number of benzene rings is 1. The molecule has 3 nitrogen and oxygen atoms in total. The highest BCUT2D eigenvalue weighted by atomic mass is 32.2. The Morgan fingerprint density at radius 2 is 1.93 bits per heavy atom. The van der Waals surface area contributed by atoms with Crippen molar-refractivity contribution in [1.29, 1.82) is 0 Å². The monoisotopic (exact) mass is 227 g/mol. The summed E-state index contributed by atoms with van der Waals surface area (Å²) in [6, 6.07) is 5.20. The third-order valence-corrected chi connectivity index (χ3v) is 3.28. The molecule has 0 unspecified atom stereocenters. The zero-order valence-corrected chi connectivity index (χ0v) is 10.1. The molecule has 0 bridgehead atoms. The molecule has 2 N–H and O–H groups in total. The van der Waals surface area contributed by atoms with Gasteiger partial charge in [-0.3, -0.25) is 0 Å². The van der Waals surface area contributed by atoms with E-state index in [0.717, 1.165) is 17.5 Å². The van der Waals surface area contributed by atoms with Crippen LogP contribution in [0.2, 0.25) is 0 Å². The van der Waals surface area contributed by atoms with Gasteiger partial charge in [-0.05, 0) is 36.5 Å². The highest BCUT2D eigenvalue weighted by molar-refractivity contribution is 7.89. The first-order chi connectivity index (χ1) is 6.82. The Balaban J connectivity index is 3.33. The molecule has 0 spiro atoms. The lowest BCUT2D eigenvalue weighted by Crippen LogP contribution is -2.16. The van der Waals surface area contributed by atoms with Gasteiger partial charge in [0.2, 0.25) is 10.0 Å². The SMILES string of the molecule is Cc1cccc(S(N)(=O)=O)c1CC(C)C. The molecule has 0 atom stereocenters. The Kier molecular flexibility index (Phi) is 3.52. The molecule has 0 radical (unpaired) electrons. The van der Waals surface area contributed by atoms with E-state index in [1.807, 2.05) is 13.0 Å². The van der Waals surface area contributed by atoms with Crippen LogP contribution in [-0.2, 0) is 16.4 Å². The molecule has 0 aliphatic rings. The fourth-order valence-corrected chi connectivity index (χ4v) is 2.47. The molecule has 1 aromatic carbocycles. The highest BCUT2D eigenvalue weighted by Crippen LogP contribution is 2.21. The van der Waals surface area contributed by atoms with E-state index in [-0.39, 0.29) is 4.90 Å². The fraction of sp³-hybridized carbons (Fsp3) is 0.455. The van der Waals surface area contributed by atoms with Crippen molar-refractivity contribution in [2.45, 2.75) is 32.1 Å². The smallest absolute Gasteiger partial charge is 0.225 e. The largest absolute Gasteiger partial charge is 0.238 e. The first-order valence-corrected chi connectivity index (χ1v) is 6.48. The Morgan fingerprint density at radius 3 is 2.40 bits per heavy atom. The maximum absolute atomic E-state index is 11.4. The van der Waals surface area contributed by atoms with E-state index in [2.05, 4.69) is 13.8 Å². The van der Waals surface area contributed by atoms with Crippen molar-refractivity contribution >= 4 is 10.0 Å². The van der Waals surface area contributed by atoms with Gasteiger partial charge in [-0.15, -0.1) is 0 Å². The van der Waals surface area contributed by atoms with E-state index >= 15 is 0 Å². The summed E-state index contributed by atoms with van der Waals surface area (Å²) < 4.78 is 22.7. The van der Waals surface area contributed by atoms with Gasteiger partial charge in [0.05, 0.1) is 4.90 Å². The van der Waals surface area contributed by atoms with Gasteiger partial charge >= 0.3 is 0 Å². The van der Waals surface area contributed by atoms with Crippen LogP contribution in [-0.4, -0.2) is 8.42 Å². The van der Waals surface area contributed by atoms with Crippen LogP contribution < -0.4 is 5.14 Å². The lowest BCUT2D eigenvalue weighted by atomic mass is 9.99. The quantitative estimate of drug-likeness (QED) is 0.856. The lowest BCUT2D eigenvalue weighted by molar-refractivity contribution is 0.591. The van der Waals surface area contributed by atoms with E-state index in [9.17, 15) is 8.42 Å². The maximum atomic E-state index is 11.4. The minimum atomic E-state index is -3.60. The molecule has 15 heavy (non-hydrogen) atoms. The summed E-state index contributed by atoms with van der Waals surface area (Å²) in [4.78, 5) is 0.260. The number of aryl methyl sites for hydroxylation is 1. The zero-order chi connectivity index (χ0) is 11.6. The molecule has 0 heterocycles. The lowest BCUT2D eigenvalue weighted by Gasteiger charge is -2.12. The molecular formula is C11H17NO2S. The van der Waals surface area contributed by atoms with Gasteiger partial charge in [-0.25, -0.2) is 13.6 Å². The first kappa shape index (κ1) is 12.2. The van der Waals surface area contributed by atoms with Crippen LogP contribution in [0.25, 0.3) is 0 Å². The number of hydrogen-bond donors (Lipinski definition) is 1. The number of hydrogen-bond acceptors (Lipinski definition) is 2. The Morgan fingerprint density at radius 1 is 1.33 bits per heavy atom. The van der Waals surface area contributed by atoms with Crippen molar-refractivity contribution in [1.82, 2.24) is 0 Å². The van der Waals surface area contributed by atoms with Crippen molar-refractivity contribution in [3.8, 4) is 0 Å². The molecule has 1 aromatic rings. The van der Waals surface area contributed by atoms with Crippen molar-refractivity contribution in [2.24, 2.45) is 11.1 Å². The average molecular weight is 227 g/mol. The molecule has 0 saturated carbocycles. The van der Waals surface area contributed by atoms with Crippen molar-refractivity contribution < 1.29 is 8.42 Å². The predicted molar refractivity (Wildman–Crippen MR) is 61.1 cm³/mol. The summed E-state index contributed by atoms with van der Waals surface area (Å²) in [5, 5.41) is 5.17. The molecule has 1 rings (SSSR count). The van der Waals surface area contributed by atoms with Gasteiger partial charge in [-0.2, -0.15) is 0 Å². The molecular weight excluding hydrogens is 210 g/mol. The molecule has 0 aliphatic carbocycles. The van der Waals surface area contributed by atoms with Gasteiger partial charge in [-0.1, -0.05) is 26.0 Å². The second kappa shape index (κ2) is 4.33. The van der Waals surface area contributed by atoms with E-state index in [0.29, 0.717) is 5.92 Å². The Bertz CT molecular complexity index is 450. The van der Waals surface area contributed by atoms with Crippen molar-refractivity contribution in [3.63, 3.8) is 0 Å². The van der Waals surface area contributed by atoms with E-state index in [4.69, 9.17) is 5.14 Å². The number of primary sulfonamides is 1. The van der Waals surface area contributed by atoms with Crippen molar-refractivity contribution in [3.05, 3.63) is 29.3 Å². The van der Waals surface area contributed by atoms with Gasteiger partial charge < -0.3 is 0 Å². The van der Waals surface area contributed by atoms with Crippen LogP contribution in [0.1, 0.15) is 25.0 Å². The molecule has 84 valence electrons. The van der Waals surface area contributed by atoms with Crippen LogP contribution in [0.5, 0.6) is 0 Å². The highest BCUT2D eigenvalue weighted by Gasteiger charge is 2.15. The topological polar surface area (TPSA) is 60.2 Å². The van der Waals surface area contributed by atoms with Gasteiger partial charge in [0.1, 0.15) is 0 Å². The molecule has 4 heteroatoms. The molecule has 0 saturated heterocycles. The fourth-order valence-electron chi connectivity index (χ4n) is 1.61. The number of sulfonamides is 1. The van der Waals surface area contributed by atoms with Gasteiger partial charge in [0, 0.05) is 0 Å². The third-order valence-electron chi connectivity index (χ3n) is 2.29. The van der Waals surface area contributed by atoms with Crippen molar-refractivity contribution in [2.75, 3.05) is 0 Å². The van der Waals surface area contributed by atoms with Crippen LogP contribution in [0.4, 0.5) is 0 Å². The maximum Gasteiger partial charge on any atom is 0.238 e. The van der Waals surface area contributed by atoms with Gasteiger partial charge in [0.25, 0.3) is 0 Å². The van der Waals surface area contributed by atoms with Crippen LogP contribution in [0.3, 0.4) is 0 Å². The second-order valence-corrected chi connectivity index (χ2v) is 5.72. The van der Waals surface area contributed by atoms with E-state index < -0.39 is 10.0 Å². The second-order valence-electron chi connectivity index (χ2n) is 4.19. The summed E-state index contributed by atoms with van der Waals surface area (Å²) in [5.41, 5.74) is 1.82. The van der Waals surface area contributed by atoms with Crippen LogP contribution in [0.15, 0.2) is 23.1 Å². The van der Waals surface area contributed by atoms with E-state index in [1.165, 1.54) is 0 Å². The zero-order valence-electron chi connectivity index (χ0n) is 9.32. The third kappa shape index (κ3) is 3.04. The molecule has 0 amide bonds. The van der Waals surface area contributed by atoms with Crippen LogP contribution in [0, 0.1) is 12.8 Å². The van der Waals surface area contributed by atoms with Crippen LogP contribution >= 0.6 is 0 Å². The molecule has 0 aromatic heterocycles. The standard InChI is InChI=1S/C11H17NO2S/c1-8(2)7-10-9(3)5-4-6-11(10)15(12,13)14/h4-6,8H,7H2,1-3H3,(H2,12,13,14). The minimum Gasteiger partial charge on any atom is -0.225 e. The number of rotatable bonds is 3. The summed E-state index contributed by atoms with van der Waals surface area (Å²) in [6.07, 6.45) is 0.735. The summed E-state index contributed by atoms with van der Waals surface area (Å²) >= 11 is 0. The first-order valence-electron chi connectivity index (χ1n) is 4.93. The predicted octanol–water partition coefficient (Wildman–Crippen LogP) is 1.84.